The number of anilines is 2. The van der Waals surface area contributed by atoms with E-state index >= 15 is 0 Å². The maximum atomic E-state index is 11.7. The quantitative estimate of drug-likeness (QED) is 0.791. The minimum atomic E-state index is -0.524. The maximum Gasteiger partial charge on any atom is 0.413 e. The molecule has 0 spiro atoms. The van der Waals surface area contributed by atoms with Crippen molar-refractivity contribution in [3.05, 3.63) is 18.3 Å². The van der Waals surface area contributed by atoms with Crippen LogP contribution in [0.5, 0.6) is 0 Å². The number of hydrogen-bond donors (Lipinski definition) is 3. The van der Waals surface area contributed by atoms with Crippen LogP contribution in [0.2, 0.25) is 0 Å². The molecule has 1 aromatic rings. The molecule has 0 aromatic carbocycles. The van der Waals surface area contributed by atoms with E-state index in [9.17, 15) is 4.79 Å². The zero-order chi connectivity index (χ0) is 16.9. The molecule has 0 radical (unpaired) electrons. The van der Waals surface area contributed by atoms with Crippen molar-refractivity contribution in [1.82, 2.24) is 4.98 Å². The van der Waals surface area contributed by atoms with Crippen molar-refractivity contribution in [2.75, 3.05) is 17.2 Å². The molecular weight excluding hydrogens is 292 g/mol. The van der Waals surface area contributed by atoms with Crippen LogP contribution in [0.1, 0.15) is 46.5 Å². The Kier molecular flexibility index (Phi) is 5.82. The van der Waals surface area contributed by atoms with Gasteiger partial charge in [-0.15, -0.1) is 0 Å². The van der Waals surface area contributed by atoms with Crippen molar-refractivity contribution in [3.8, 4) is 0 Å². The molecule has 1 fully saturated rings. The SMILES string of the molecule is CC(C)(C)OC(=O)Nc1ccc(NC2CCCCC2CN)cn1. The van der Waals surface area contributed by atoms with E-state index in [0.717, 1.165) is 12.1 Å². The molecule has 1 aliphatic rings. The highest BCUT2D eigenvalue weighted by Gasteiger charge is 2.23. The number of amides is 1. The molecule has 0 bridgehead atoms. The summed E-state index contributed by atoms with van der Waals surface area (Å²) in [4.78, 5) is 16.0. The molecule has 1 aromatic heterocycles. The summed E-state index contributed by atoms with van der Waals surface area (Å²) in [5.74, 6) is 0.993. The van der Waals surface area contributed by atoms with Gasteiger partial charge in [0.25, 0.3) is 0 Å². The first-order chi connectivity index (χ1) is 10.9. The van der Waals surface area contributed by atoms with Crippen LogP contribution in [-0.4, -0.2) is 29.3 Å². The van der Waals surface area contributed by atoms with Crippen LogP contribution in [0.3, 0.4) is 0 Å². The van der Waals surface area contributed by atoms with E-state index in [1.165, 1.54) is 19.3 Å². The van der Waals surface area contributed by atoms with Gasteiger partial charge >= 0.3 is 6.09 Å². The Morgan fingerprint density at radius 2 is 2.09 bits per heavy atom. The number of nitrogens with two attached hydrogens (primary N) is 1. The Morgan fingerprint density at radius 1 is 1.35 bits per heavy atom. The van der Waals surface area contributed by atoms with Crippen molar-refractivity contribution in [2.45, 2.75) is 58.1 Å². The minimum absolute atomic E-state index is 0.403. The smallest absolute Gasteiger partial charge is 0.413 e. The molecule has 1 saturated carbocycles. The van der Waals surface area contributed by atoms with E-state index in [0.29, 0.717) is 24.3 Å². The summed E-state index contributed by atoms with van der Waals surface area (Å²) >= 11 is 0. The van der Waals surface area contributed by atoms with E-state index in [1.54, 1.807) is 12.3 Å². The third-order valence-electron chi connectivity index (χ3n) is 3.96. The first-order valence-electron chi connectivity index (χ1n) is 8.30. The number of carbonyl (C=O) groups excluding carboxylic acids is 1. The van der Waals surface area contributed by atoms with Gasteiger partial charge in [-0.05, 0) is 58.2 Å². The third-order valence-corrected chi connectivity index (χ3v) is 3.96. The number of ether oxygens (including phenoxy) is 1. The lowest BCUT2D eigenvalue weighted by atomic mass is 9.84. The van der Waals surface area contributed by atoms with Crippen molar-refractivity contribution < 1.29 is 9.53 Å². The lowest BCUT2D eigenvalue weighted by molar-refractivity contribution is 0.0635. The van der Waals surface area contributed by atoms with Gasteiger partial charge in [-0.1, -0.05) is 12.8 Å². The summed E-state index contributed by atoms with van der Waals surface area (Å²) in [5.41, 5.74) is 6.28. The molecule has 0 aliphatic heterocycles. The van der Waals surface area contributed by atoms with Gasteiger partial charge < -0.3 is 15.8 Å². The van der Waals surface area contributed by atoms with Crippen molar-refractivity contribution >= 4 is 17.6 Å². The van der Waals surface area contributed by atoms with Gasteiger partial charge in [0.1, 0.15) is 11.4 Å². The van der Waals surface area contributed by atoms with Gasteiger partial charge in [-0.25, -0.2) is 9.78 Å². The molecule has 2 rings (SSSR count). The largest absolute Gasteiger partial charge is 0.444 e. The lowest BCUT2D eigenvalue weighted by Crippen LogP contribution is -2.36. The van der Waals surface area contributed by atoms with Gasteiger partial charge in [0.15, 0.2) is 0 Å². The van der Waals surface area contributed by atoms with Crippen LogP contribution < -0.4 is 16.4 Å². The number of nitrogens with zero attached hydrogens (tertiary/aromatic N) is 1. The predicted octanol–water partition coefficient (Wildman–Crippen LogP) is 3.36. The van der Waals surface area contributed by atoms with Crippen molar-refractivity contribution in [3.63, 3.8) is 0 Å². The average Bonchev–Trinajstić information content (AvgIpc) is 2.48. The van der Waals surface area contributed by atoms with E-state index < -0.39 is 11.7 Å². The second-order valence-electron chi connectivity index (χ2n) is 7.09. The number of rotatable bonds is 4. The maximum absolute atomic E-state index is 11.7. The number of carbonyl (C=O) groups is 1. The fraction of sp³-hybridized carbons (Fsp3) is 0.647. The van der Waals surface area contributed by atoms with Gasteiger partial charge in [-0.3, -0.25) is 5.32 Å². The van der Waals surface area contributed by atoms with E-state index in [2.05, 4.69) is 15.6 Å². The third kappa shape index (κ3) is 5.71. The van der Waals surface area contributed by atoms with E-state index in [1.807, 2.05) is 26.8 Å². The van der Waals surface area contributed by atoms with Gasteiger partial charge in [0.2, 0.25) is 0 Å². The van der Waals surface area contributed by atoms with Gasteiger partial charge in [0.05, 0.1) is 11.9 Å². The topological polar surface area (TPSA) is 89.3 Å². The van der Waals surface area contributed by atoms with Crippen LogP contribution in [0.25, 0.3) is 0 Å². The number of pyridine rings is 1. The van der Waals surface area contributed by atoms with Crippen LogP contribution >= 0.6 is 0 Å². The summed E-state index contributed by atoms with van der Waals surface area (Å²) in [6.45, 7) is 6.19. The Hall–Kier alpha value is -1.82. The predicted molar refractivity (Wildman–Crippen MR) is 92.5 cm³/mol. The second kappa shape index (κ2) is 7.64. The highest BCUT2D eigenvalue weighted by atomic mass is 16.6. The number of hydrogen-bond acceptors (Lipinski definition) is 5. The van der Waals surface area contributed by atoms with Crippen LogP contribution in [0.15, 0.2) is 18.3 Å². The highest BCUT2D eigenvalue weighted by Crippen LogP contribution is 2.26. The summed E-state index contributed by atoms with van der Waals surface area (Å²) in [5, 5.41) is 6.14. The fourth-order valence-corrected chi connectivity index (χ4v) is 2.86. The summed E-state index contributed by atoms with van der Waals surface area (Å²) in [7, 11) is 0. The summed E-state index contributed by atoms with van der Waals surface area (Å²) in [6.07, 6.45) is 6.05. The molecular formula is C17H28N4O2. The molecule has 6 nitrogen and oxygen atoms in total. The molecule has 6 heteroatoms. The Bertz CT molecular complexity index is 510. The number of nitrogens with one attached hydrogen (secondary N) is 2. The molecule has 1 aliphatic carbocycles. The lowest BCUT2D eigenvalue weighted by Gasteiger charge is -2.32. The Morgan fingerprint density at radius 3 is 2.70 bits per heavy atom. The molecule has 23 heavy (non-hydrogen) atoms. The monoisotopic (exact) mass is 320 g/mol. The number of aromatic nitrogens is 1. The van der Waals surface area contributed by atoms with Crippen LogP contribution in [0, 0.1) is 5.92 Å². The molecule has 128 valence electrons. The molecule has 1 heterocycles. The second-order valence-corrected chi connectivity index (χ2v) is 7.09. The van der Waals surface area contributed by atoms with Gasteiger partial charge in [0, 0.05) is 6.04 Å². The summed E-state index contributed by atoms with van der Waals surface area (Å²) in [6, 6.07) is 4.09. The Balaban J connectivity index is 1.90. The fourth-order valence-electron chi connectivity index (χ4n) is 2.86. The van der Waals surface area contributed by atoms with Crippen molar-refractivity contribution in [1.29, 1.82) is 0 Å². The van der Waals surface area contributed by atoms with Crippen LogP contribution in [0.4, 0.5) is 16.3 Å². The standard InChI is InChI=1S/C17H28N4O2/c1-17(2,3)23-16(22)21-15-9-8-13(11-19-15)20-14-7-5-4-6-12(14)10-18/h8-9,11-12,14,20H,4-7,10,18H2,1-3H3,(H,19,21,22). The summed E-state index contributed by atoms with van der Waals surface area (Å²) < 4.78 is 5.20. The van der Waals surface area contributed by atoms with E-state index in [4.69, 9.17) is 10.5 Å². The Labute approximate surface area is 138 Å². The average molecular weight is 320 g/mol. The molecule has 1 amide bonds. The zero-order valence-electron chi connectivity index (χ0n) is 14.3. The minimum Gasteiger partial charge on any atom is -0.444 e. The van der Waals surface area contributed by atoms with Crippen LogP contribution in [-0.2, 0) is 4.74 Å². The molecule has 4 N–H and O–H groups in total. The highest BCUT2D eigenvalue weighted by molar-refractivity contribution is 5.83. The molecule has 2 unspecified atom stereocenters. The molecule has 2 atom stereocenters. The van der Waals surface area contributed by atoms with Gasteiger partial charge in [-0.2, -0.15) is 0 Å². The first kappa shape index (κ1) is 17.5. The van der Waals surface area contributed by atoms with E-state index in [-0.39, 0.29) is 0 Å². The van der Waals surface area contributed by atoms with Crippen molar-refractivity contribution in [2.24, 2.45) is 11.7 Å². The molecule has 0 saturated heterocycles. The first-order valence-corrected chi connectivity index (χ1v) is 8.30. The normalized spacial score (nSPS) is 21.6. The zero-order valence-corrected chi connectivity index (χ0v) is 14.3.